The molecule has 0 radical (unpaired) electrons. The lowest BCUT2D eigenvalue weighted by Gasteiger charge is -2.35. The van der Waals surface area contributed by atoms with Gasteiger partial charge in [0.1, 0.15) is 18.0 Å². The Bertz CT molecular complexity index is 513. The van der Waals surface area contributed by atoms with Gasteiger partial charge in [-0.05, 0) is 37.5 Å². The van der Waals surface area contributed by atoms with E-state index in [4.69, 9.17) is 9.47 Å². The Kier molecular flexibility index (Phi) is 6.14. The van der Waals surface area contributed by atoms with E-state index in [0.29, 0.717) is 25.8 Å². The highest BCUT2D eigenvalue weighted by molar-refractivity contribution is 5.27. The van der Waals surface area contributed by atoms with Gasteiger partial charge >= 0.3 is 0 Å². The predicted molar refractivity (Wildman–Crippen MR) is 95.5 cm³/mol. The molecule has 1 N–H and O–H groups in total. The first-order valence-electron chi connectivity index (χ1n) is 9.38. The molecule has 0 spiro atoms. The lowest BCUT2D eigenvalue weighted by Crippen LogP contribution is -2.51. The lowest BCUT2D eigenvalue weighted by molar-refractivity contribution is -0.0675. The molecule has 0 bridgehead atoms. The first-order chi connectivity index (χ1) is 11.6. The number of aryl methyl sites for hydroxylation is 1. The molecule has 3 rings (SSSR count). The van der Waals surface area contributed by atoms with Crippen molar-refractivity contribution in [2.24, 2.45) is 0 Å². The molecular weight excluding hydrogens is 302 g/mol. The Morgan fingerprint density at radius 3 is 2.79 bits per heavy atom. The van der Waals surface area contributed by atoms with E-state index in [1.54, 1.807) is 0 Å². The van der Waals surface area contributed by atoms with Crippen molar-refractivity contribution in [3.8, 4) is 5.75 Å². The molecule has 1 saturated heterocycles. The normalized spacial score (nSPS) is 27.4. The topological polar surface area (TPSA) is 41.9 Å². The quantitative estimate of drug-likeness (QED) is 0.860. The highest BCUT2D eigenvalue weighted by Gasteiger charge is 2.36. The summed E-state index contributed by atoms with van der Waals surface area (Å²) in [6.45, 7) is 4.93. The summed E-state index contributed by atoms with van der Waals surface area (Å²) in [6.07, 6.45) is 7.80. The molecule has 2 fully saturated rings. The third kappa shape index (κ3) is 4.95. The van der Waals surface area contributed by atoms with Gasteiger partial charge in [0, 0.05) is 19.1 Å². The molecule has 24 heavy (non-hydrogen) atoms. The molecule has 4 heteroatoms. The van der Waals surface area contributed by atoms with Crippen molar-refractivity contribution in [2.45, 2.75) is 57.1 Å². The predicted octanol–water partition coefficient (Wildman–Crippen LogP) is 3.16. The number of rotatable bonds is 4. The molecule has 1 aliphatic carbocycles. The van der Waals surface area contributed by atoms with Crippen molar-refractivity contribution in [2.75, 3.05) is 32.9 Å². The van der Waals surface area contributed by atoms with Crippen LogP contribution in [0.5, 0.6) is 5.75 Å². The SMILES string of the molecule is Cc1cccc(OC[C@]2(O)COCCN(C3CCCCCC3)C2)c1. The second-order valence-electron chi connectivity index (χ2n) is 7.50. The van der Waals surface area contributed by atoms with Crippen LogP contribution >= 0.6 is 0 Å². The van der Waals surface area contributed by atoms with Crippen LogP contribution < -0.4 is 4.74 Å². The van der Waals surface area contributed by atoms with Gasteiger partial charge in [0.05, 0.1) is 13.2 Å². The average molecular weight is 333 g/mol. The van der Waals surface area contributed by atoms with E-state index in [2.05, 4.69) is 4.90 Å². The van der Waals surface area contributed by atoms with E-state index in [1.807, 2.05) is 31.2 Å². The molecule has 1 aromatic rings. The van der Waals surface area contributed by atoms with E-state index in [1.165, 1.54) is 38.5 Å². The van der Waals surface area contributed by atoms with Crippen LogP contribution in [-0.4, -0.2) is 54.6 Å². The maximum Gasteiger partial charge on any atom is 0.134 e. The highest BCUT2D eigenvalue weighted by Crippen LogP contribution is 2.25. The molecule has 1 aliphatic heterocycles. The van der Waals surface area contributed by atoms with E-state index in [-0.39, 0.29) is 6.61 Å². The number of nitrogens with zero attached hydrogens (tertiary/aromatic N) is 1. The molecule has 2 aliphatic rings. The Morgan fingerprint density at radius 2 is 2.04 bits per heavy atom. The van der Waals surface area contributed by atoms with Crippen LogP contribution in [0.1, 0.15) is 44.1 Å². The van der Waals surface area contributed by atoms with Crippen molar-refractivity contribution in [1.29, 1.82) is 0 Å². The van der Waals surface area contributed by atoms with Crippen LogP contribution in [-0.2, 0) is 4.74 Å². The smallest absolute Gasteiger partial charge is 0.134 e. The van der Waals surface area contributed by atoms with E-state index in [9.17, 15) is 5.11 Å². The monoisotopic (exact) mass is 333 g/mol. The third-order valence-electron chi connectivity index (χ3n) is 5.23. The number of benzene rings is 1. The zero-order chi connectivity index (χ0) is 16.8. The van der Waals surface area contributed by atoms with Crippen molar-refractivity contribution >= 4 is 0 Å². The van der Waals surface area contributed by atoms with E-state index in [0.717, 1.165) is 17.9 Å². The molecule has 4 nitrogen and oxygen atoms in total. The zero-order valence-corrected chi connectivity index (χ0v) is 14.9. The molecule has 1 aromatic carbocycles. The van der Waals surface area contributed by atoms with Gasteiger partial charge in [0.2, 0.25) is 0 Å². The van der Waals surface area contributed by atoms with Crippen molar-refractivity contribution < 1.29 is 14.6 Å². The fourth-order valence-electron chi connectivity index (χ4n) is 3.89. The maximum atomic E-state index is 11.1. The molecule has 0 amide bonds. The minimum Gasteiger partial charge on any atom is -0.490 e. The zero-order valence-electron chi connectivity index (χ0n) is 14.9. The van der Waals surface area contributed by atoms with Gasteiger partial charge in [-0.3, -0.25) is 4.90 Å². The minimum atomic E-state index is -0.938. The molecule has 1 saturated carbocycles. The average Bonchev–Trinajstić information content (AvgIpc) is 2.94. The number of ether oxygens (including phenoxy) is 2. The van der Waals surface area contributed by atoms with Crippen LogP contribution in [0.4, 0.5) is 0 Å². The van der Waals surface area contributed by atoms with Gasteiger partial charge in [-0.2, -0.15) is 0 Å². The van der Waals surface area contributed by atoms with Crippen molar-refractivity contribution in [3.05, 3.63) is 29.8 Å². The third-order valence-corrected chi connectivity index (χ3v) is 5.23. The first kappa shape index (κ1) is 17.7. The minimum absolute atomic E-state index is 0.277. The number of aliphatic hydroxyl groups is 1. The van der Waals surface area contributed by atoms with Crippen LogP contribution in [0, 0.1) is 6.92 Å². The van der Waals surface area contributed by atoms with Crippen molar-refractivity contribution in [3.63, 3.8) is 0 Å². The fraction of sp³-hybridized carbons (Fsp3) is 0.700. The summed E-state index contributed by atoms with van der Waals surface area (Å²) >= 11 is 0. The summed E-state index contributed by atoms with van der Waals surface area (Å²) < 4.78 is 11.6. The standard InChI is InChI=1S/C20H31NO3/c1-17-7-6-10-19(13-17)24-16-20(22)14-21(11-12-23-15-20)18-8-4-2-3-5-9-18/h6-7,10,13,18,22H,2-5,8-9,11-12,14-16H2,1H3/t20-/m1/s1. The van der Waals surface area contributed by atoms with Crippen LogP contribution in [0.15, 0.2) is 24.3 Å². The van der Waals surface area contributed by atoms with Crippen LogP contribution in [0.25, 0.3) is 0 Å². The molecule has 134 valence electrons. The van der Waals surface area contributed by atoms with Crippen LogP contribution in [0.2, 0.25) is 0 Å². The molecule has 0 unspecified atom stereocenters. The lowest BCUT2D eigenvalue weighted by atomic mass is 10.0. The molecule has 0 aromatic heterocycles. The summed E-state index contributed by atoms with van der Waals surface area (Å²) in [4.78, 5) is 2.44. The summed E-state index contributed by atoms with van der Waals surface area (Å²) in [5.41, 5.74) is 0.226. The Balaban J connectivity index is 1.61. The Hall–Kier alpha value is -1.10. The van der Waals surface area contributed by atoms with Gasteiger partial charge in [0.15, 0.2) is 0 Å². The summed E-state index contributed by atoms with van der Waals surface area (Å²) in [5, 5.41) is 11.1. The maximum absolute atomic E-state index is 11.1. The summed E-state index contributed by atoms with van der Waals surface area (Å²) in [6, 6.07) is 8.56. The highest BCUT2D eigenvalue weighted by atomic mass is 16.5. The summed E-state index contributed by atoms with van der Waals surface area (Å²) in [7, 11) is 0. The molecular formula is C20H31NO3. The number of β-amino-alcohol motifs (C(OH)–C–C–N with tert-alkyl or cyclic N) is 1. The van der Waals surface area contributed by atoms with E-state index >= 15 is 0 Å². The fourth-order valence-corrected chi connectivity index (χ4v) is 3.89. The molecule has 1 heterocycles. The van der Waals surface area contributed by atoms with E-state index < -0.39 is 5.60 Å². The second kappa shape index (κ2) is 8.32. The second-order valence-corrected chi connectivity index (χ2v) is 7.50. The number of hydrogen-bond acceptors (Lipinski definition) is 4. The Labute approximate surface area is 145 Å². The van der Waals surface area contributed by atoms with Crippen LogP contribution in [0.3, 0.4) is 0 Å². The van der Waals surface area contributed by atoms with Gasteiger partial charge < -0.3 is 14.6 Å². The van der Waals surface area contributed by atoms with Crippen molar-refractivity contribution in [1.82, 2.24) is 4.90 Å². The first-order valence-corrected chi connectivity index (χ1v) is 9.38. The van der Waals surface area contributed by atoms with Gasteiger partial charge in [-0.1, -0.05) is 37.8 Å². The molecule has 1 atom stereocenters. The Morgan fingerprint density at radius 1 is 1.25 bits per heavy atom. The number of hydrogen-bond donors (Lipinski definition) is 1. The summed E-state index contributed by atoms with van der Waals surface area (Å²) in [5.74, 6) is 0.814. The van der Waals surface area contributed by atoms with Gasteiger partial charge in [0.25, 0.3) is 0 Å². The van der Waals surface area contributed by atoms with Gasteiger partial charge in [-0.15, -0.1) is 0 Å². The largest absolute Gasteiger partial charge is 0.490 e. The van der Waals surface area contributed by atoms with Gasteiger partial charge in [-0.25, -0.2) is 0 Å².